The van der Waals surface area contributed by atoms with Gasteiger partial charge in [-0.05, 0) is 164 Å². The van der Waals surface area contributed by atoms with Crippen molar-refractivity contribution in [1.29, 1.82) is 0 Å². The van der Waals surface area contributed by atoms with E-state index in [0.29, 0.717) is 22.7 Å². The van der Waals surface area contributed by atoms with Crippen molar-refractivity contribution in [3.8, 4) is 84.3 Å². The number of hydrogen-bond donors (Lipinski definition) is 0. The molecule has 4 heterocycles. The van der Waals surface area contributed by atoms with E-state index in [0.717, 1.165) is 38.5 Å². The Morgan fingerprint density at radius 2 is 0.958 bits per heavy atom. The first kappa shape index (κ1) is 37.2. The third-order valence-electron chi connectivity index (χ3n) is 17.9. The molecular formula is C90H76N4OSi. The normalized spacial score (nSPS) is 16.4. The van der Waals surface area contributed by atoms with E-state index < -0.39 is 231 Å². The van der Waals surface area contributed by atoms with Crippen LogP contribution in [0.3, 0.4) is 0 Å². The molecule has 0 bridgehead atoms. The van der Waals surface area contributed by atoms with Gasteiger partial charge in [-0.2, -0.15) is 0 Å². The average Bonchev–Trinajstić information content (AvgIpc) is 0.898. The summed E-state index contributed by atoms with van der Waals surface area (Å²) in [6, 6.07) is 9.88. The fraction of sp³-hybridized carbons (Fsp3) is 0.133. The van der Waals surface area contributed by atoms with Crippen molar-refractivity contribution in [2.75, 3.05) is 0 Å². The van der Waals surface area contributed by atoms with Gasteiger partial charge in [0.05, 0.1) is 70.5 Å². The number of aromatic nitrogens is 4. The first-order valence-electron chi connectivity index (χ1n) is 44.9. The maximum absolute atomic E-state index is 11.2. The van der Waals surface area contributed by atoms with Crippen molar-refractivity contribution < 1.29 is 46.3 Å². The molecule has 0 saturated heterocycles. The quantitative estimate of drug-likeness (QED) is 0.0592. The van der Waals surface area contributed by atoms with Crippen LogP contribution >= 0.6 is 0 Å². The summed E-state index contributed by atoms with van der Waals surface area (Å²) in [6.45, 7) is 18.7. The van der Waals surface area contributed by atoms with Crippen molar-refractivity contribution in [3.63, 3.8) is 0 Å². The molecule has 0 spiro atoms. The van der Waals surface area contributed by atoms with E-state index in [1.54, 1.807) is 47.2 Å². The second-order valence-electron chi connectivity index (χ2n) is 26.9. The minimum absolute atomic E-state index is 0.0128. The molecule has 0 atom stereocenters. The van der Waals surface area contributed by atoms with Crippen molar-refractivity contribution in [3.05, 3.63) is 320 Å². The summed E-state index contributed by atoms with van der Waals surface area (Å²) in [6.07, 6.45) is 5.39. The SMILES string of the molecule is [2H]c1c([2H])c([2H])c([Si](c2c([2H])c([2H])c([2H])c([2H])c2[2H])(c2c([2H])c([2H])c([2H])c([2H])c2[2H])c2c([2H])c([2H])c([2H])c(-c3cc4c5c(c3)n(-c3cccc(Oc6ccc7c8ccccc8n(-c8cc(C(C)(C)C)ccn8)c7c6)c3)[c-][n+]5-c3c(-c5cc(C(C)(C)C)cc(C(C)(C)C)c5)cccc3-c3c([2H])c([2H])c([2H])c([2H])c3-c3c([2H])c([2H])c([2H])c([2H])c3-4)c2[2H])c([2H])c1[2H]. The lowest BCUT2D eigenvalue weighted by Crippen LogP contribution is -2.74. The molecular weight excluding hydrogens is 1180 g/mol. The highest BCUT2D eigenvalue weighted by molar-refractivity contribution is 7.20. The molecule has 1 aliphatic rings. The number of hydrogen-bond acceptors (Lipinski definition) is 2. The second-order valence-corrected chi connectivity index (χ2v) is 30.4. The predicted molar refractivity (Wildman–Crippen MR) is 403 cm³/mol. The molecule has 5 nitrogen and oxygen atoms in total. The van der Waals surface area contributed by atoms with E-state index in [-0.39, 0.29) is 50.3 Å². The number of pyridine rings is 1. The molecule has 3 aromatic heterocycles. The van der Waals surface area contributed by atoms with Gasteiger partial charge in [0.2, 0.25) is 0 Å². The first-order chi connectivity index (χ1) is 57.7. The molecule has 1 aliphatic heterocycles. The molecule has 0 saturated carbocycles. The average molecular weight is 1280 g/mol. The highest BCUT2D eigenvalue weighted by Crippen LogP contribution is 2.47. The summed E-state index contributed by atoms with van der Waals surface area (Å²) >= 11 is 0. The zero-order valence-electron chi connectivity index (χ0n) is 80.9. The van der Waals surface area contributed by atoms with Crippen molar-refractivity contribution in [1.82, 2.24) is 14.1 Å². The molecule has 12 aromatic carbocycles. The predicted octanol–water partition coefficient (Wildman–Crippen LogP) is 19.9. The van der Waals surface area contributed by atoms with Gasteiger partial charge in [0, 0.05) is 23.0 Å². The van der Waals surface area contributed by atoms with Crippen molar-refractivity contribution in [2.45, 2.75) is 78.6 Å². The summed E-state index contributed by atoms with van der Waals surface area (Å²) in [5, 5.41) is -2.53. The molecule has 466 valence electrons. The van der Waals surface area contributed by atoms with Crippen LogP contribution in [0.4, 0.5) is 0 Å². The Morgan fingerprint density at radius 1 is 0.406 bits per heavy atom. The maximum Gasteiger partial charge on any atom is 0.269 e. The van der Waals surface area contributed by atoms with E-state index in [1.807, 2.05) is 72.8 Å². The Balaban J connectivity index is 1.11. The van der Waals surface area contributed by atoms with Crippen LogP contribution in [0.5, 0.6) is 11.5 Å². The third kappa shape index (κ3) is 10.3. The fourth-order valence-electron chi connectivity index (χ4n) is 13.0. The molecule has 0 amide bonds. The minimum Gasteiger partial charge on any atom is -0.458 e. The number of para-hydroxylation sites is 2. The van der Waals surface area contributed by atoms with Gasteiger partial charge in [-0.25, -0.2) is 4.98 Å². The summed E-state index contributed by atoms with van der Waals surface area (Å²) in [4.78, 5) is 4.89. The number of imidazole rings is 1. The lowest BCUT2D eigenvalue weighted by Gasteiger charge is -2.34. The first-order valence-corrected chi connectivity index (χ1v) is 33.4. The molecule has 0 aliphatic carbocycles. The van der Waals surface area contributed by atoms with Crippen LogP contribution in [-0.2, 0) is 16.2 Å². The Kier molecular flexibility index (Phi) is 9.01. The molecule has 96 heavy (non-hydrogen) atoms. The smallest absolute Gasteiger partial charge is 0.269 e. The summed E-state index contributed by atoms with van der Waals surface area (Å²) in [5.41, 5.74) is 1.57. The second kappa shape index (κ2) is 23.2. The van der Waals surface area contributed by atoms with E-state index >= 15 is 0 Å². The van der Waals surface area contributed by atoms with E-state index in [1.165, 1.54) is 16.7 Å². The number of benzene rings is 12. The van der Waals surface area contributed by atoms with Crippen LogP contribution in [0.25, 0.3) is 106 Å². The van der Waals surface area contributed by atoms with Crippen LogP contribution < -0.4 is 30.1 Å². The standard InChI is InChI=1S/C90H76N4OSi/c1-88(2,3)63-48-49-91-85(56-63)94-82-45-24-23-42-78(82)79-47-46-68(58-83(79)94)95-67-30-26-29-66(57-67)92-59-93-86-73(62-50-64(89(4,5)6)55-65(51-62)90(7,8)9)43-27-44-80(86)76-40-21-19-38-74(76)75-39-20-22-41-77(75)81-53-61(54-84(92)87(81)93)60-28-25-37-72(52-60)96(69-31-13-10-14-32-69,70-33-15-11-16-34-70)71-35-17-12-18-36-71/h10-58H,1-9H3/i10D,11D,12D,13D,14D,15D,16D,17D,18D,19D,20D,21D,22D,25D,28D,31D,32D,33D,34D,35D,36D,37D,38D,39D,40D,41D,52D. The van der Waals surface area contributed by atoms with Gasteiger partial charge in [0.15, 0.2) is 8.07 Å². The lowest BCUT2D eigenvalue weighted by molar-refractivity contribution is -0.570. The van der Waals surface area contributed by atoms with Gasteiger partial charge in [0.1, 0.15) is 17.3 Å². The number of ether oxygens (including phenoxy) is 1. The Hall–Kier alpha value is -10.9. The molecule has 0 unspecified atom stereocenters. The Morgan fingerprint density at radius 3 is 1.59 bits per heavy atom. The van der Waals surface area contributed by atoms with Crippen molar-refractivity contribution in [2.24, 2.45) is 0 Å². The van der Waals surface area contributed by atoms with Crippen LogP contribution in [0, 0.1) is 6.33 Å². The van der Waals surface area contributed by atoms with Crippen LogP contribution in [0.2, 0.25) is 0 Å². The maximum atomic E-state index is 11.2. The van der Waals surface area contributed by atoms with Crippen molar-refractivity contribution >= 4 is 61.7 Å². The molecule has 6 heteroatoms. The van der Waals surface area contributed by atoms with Gasteiger partial charge >= 0.3 is 0 Å². The number of fused-ring (bicyclic) bond motifs is 10. The minimum atomic E-state index is -6.51. The lowest BCUT2D eigenvalue weighted by atomic mass is 9.78. The fourth-order valence-corrected chi connectivity index (χ4v) is 16.6. The summed E-state index contributed by atoms with van der Waals surface area (Å²) in [5.74, 6) is 1.23. The van der Waals surface area contributed by atoms with Crippen LogP contribution in [0.1, 0.15) is 116 Å². The van der Waals surface area contributed by atoms with E-state index in [2.05, 4.69) is 79.3 Å². The highest BCUT2D eigenvalue weighted by atomic mass is 28.3. The van der Waals surface area contributed by atoms with Gasteiger partial charge in [-0.15, -0.1) is 0 Å². The van der Waals surface area contributed by atoms with Gasteiger partial charge in [-0.1, -0.05) is 292 Å². The monoisotopic (exact) mass is 1280 g/mol. The summed E-state index contributed by atoms with van der Waals surface area (Å²) < 4.78 is 276. The van der Waals surface area contributed by atoms with E-state index in [9.17, 15) is 32.9 Å². The summed E-state index contributed by atoms with van der Waals surface area (Å²) in [7, 11) is -6.51. The Bertz CT molecular complexity index is 6930. The molecule has 15 aromatic rings. The zero-order chi connectivity index (χ0) is 89.2. The molecule has 0 N–H and O–H groups in total. The van der Waals surface area contributed by atoms with Gasteiger partial charge < -0.3 is 4.74 Å². The molecule has 0 radical (unpaired) electrons. The zero-order valence-corrected chi connectivity index (χ0v) is 54.9. The van der Waals surface area contributed by atoms with Crippen LogP contribution in [-0.4, -0.2) is 22.2 Å². The largest absolute Gasteiger partial charge is 0.458 e. The van der Waals surface area contributed by atoms with Crippen LogP contribution in [0.15, 0.2) is 297 Å². The van der Waals surface area contributed by atoms with E-state index in [4.69, 9.17) is 13.8 Å². The third-order valence-corrected chi connectivity index (χ3v) is 21.9. The Labute approximate surface area is 602 Å². The molecule has 0 fully saturated rings. The number of nitrogens with zero attached hydrogens (tertiary/aromatic N) is 4. The highest BCUT2D eigenvalue weighted by Gasteiger charge is 2.42. The topological polar surface area (TPSA) is 35.9 Å². The van der Waals surface area contributed by atoms with Gasteiger partial charge in [-0.3, -0.25) is 13.7 Å². The molecule has 16 rings (SSSR count). The number of rotatable bonds is 10. The van der Waals surface area contributed by atoms with Gasteiger partial charge in [0.25, 0.3) is 6.33 Å².